The van der Waals surface area contributed by atoms with Gasteiger partial charge in [-0.3, -0.25) is 19.8 Å². The van der Waals surface area contributed by atoms with Crippen LogP contribution in [-0.4, -0.2) is 53.6 Å². The molecule has 0 radical (unpaired) electrons. The van der Waals surface area contributed by atoms with Crippen LogP contribution < -0.4 is 4.90 Å². The molecule has 7 nitrogen and oxygen atoms in total. The van der Waals surface area contributed by atoms with E-state index in [-0.39, 0.29) is 24.7 Å². The van der Waals surface area contributed by atoms with E-state index in [2.05, 4.69) is 0 Å². The number of fused-ring (bicyclic) bond motifs is 1. The maximum absolute atomic E-state index is 12.3. The number of rotatable bonds is 6. The second-order valence-corrected chi connectivity index (χ2v) is 4.96. The number of non-ortho nitro benzene ring substituents is 1. The number of aliphatic hydroxyl groups excluding tert-OH is 1. The highest BCUT2D eigenvalue weighted by Crippen LogP contribution is 2.31. The number of amides is 1. The maximum atomic E-state index is 12.3. The summed E-state index contributed by atoms with van der Waals surface area (Å²) in [6, 6.07) is 4.60. The third kappa shape index (κ3) is 3.37. The van der Waals surface area contributed by atoms with Gasteiger partial charge < -0.3 is 10.0 Å². The average Bonchev–Trinajstić information content (AvgIpc) is 2.89. The number of hydrogen-bond donors (Lipinski definition) is 1. The zero-order valence-corrected chi connectivity index (χ0v) is 12.0. The van der Waals surface area contributed by atoms with Crippen LogP contribution in [0.1, 0.15) is 12.5 Å². The quantitative estimate of drug-likeness (QED) is 0.619. The van der Waals surface area contributed by atoms with Gasteiger partial charge in [-0.15, -0.1) is 0 Å². The summed E-state index contributed by atoms with van der Waals surface area (Å²) in [6.07, 6.45) is 0.634. The van der Waals surface area contributed by atoms with Crippen molar-refractivity contribution in [3.63, 3.8) is 0 Å². The molecule has 1 aliphatic rings. The summed E-state index contributed by atoms with van der Waals surface area (Å²) in [5, 5.41) is 19.7. The van der Waals surface area contributed by atoms with E-state index in [1.807, 2.05) is 11.8 Å². The lowest BCUT2D eigenvalue weighted by Gasteiger charge is -2.23. The van der Waals surface area contributed by atoms with Crippen molar-refractivity contribution < 1.29 is 14.8 Å². The third-order valence-electron chi connectivity index (χ3n) is 3.69. The lowest BCUT2D eigenvalue weighted by molar-refractivity contribution is -0.384. The first-order chi connectivity index (χ1) is 10.1. The molecule has 0 fully saturated rings. The molecule has 1 N–H and O–H groups in total. The van der Waals surface area contributed by atoms with E-state index in [0.29, 0.717) is 26.1 Å². The number of carbonyl (C=O) groups excluding carboxylic acids is 1. The first-order valence-electron chi connectivity index (χ1n) is 6.97. The number of nitro benzene ring substituents is 1. The van der Waals surface area contributed by atoms with Gasteiger partial charge in [-0.05, 0) is 24.6 Å². The summed E-state index contributed by atoms with van der Waals surface area (Å²) in [5.74, 6) is -0.0436. The summed E-state index contributed by atoms with van der Waals surface area (Å²) in [6.45, 7) is 3.89. The van der Waals surface area contributed by atoms with Crippen LogP contribution in [0.25, 0.3) is 0 Å². The van der Waals surface area contributed by atoms with Crippen molar-refractivity contribution in [3.8, 4) is 0 Å². The van der Waals surface area contributed by atoms with Crippen LogP contribution in [0, 0.1) is 10.1 Å². The zero-order chi connectivity index (χ0) is 15.4. The van der Waals surface area contributed by atoms with Gasteiger partial charge in [-0.2, -0.15) is 0 Å². The standard InChI is InChI=1S/C14H19N3O4/c1-2-15(7-8-18)10-14(19)16-6-5-11-9-12(17(20)21)3-4-13(11)16/h3-4,9,18H,2,5-8,10H2,1H3. The van der Waals surface area contributed by atoms with Gasteiger partial charge in [-0.25, -0.2) is 0 Å². The minimum absolute atomic E-state index is 0.0178. The van der Waals surface area contributed by atoms with Gasteiger partial charge in [0.25, 0.3) is 5.69 Å². The largest absolute Gasteiger partial charge is 0.395 e. The predicted molar refractivity (Wildman–Crippen MR) is 78.4 cm³/mol. The summed E-state index contributed by atoms with van der Waals surface area (Å²) in [5.41, 5.74) is 1.65. The van der Waals surface area contributed by atoms with Crippen LogP contribution in [0.2, 0.25) is 0 Å². The van der Waals surface area contributed by atoms with Crippen molar-refractivity contribution in [2.75, 3.05) is 37.7 Å². The summed E-state index contributed by atoms with van der Waals surface area (Å²) >= 11 is 0. The topological polar surface area (TPSA) is 86.9 Å². The Hall–Kier alpha value is -1.99. The van der Waals surface area contributed by atoms with Crippen molar-refractivity contribution in [1.82, 2.24) is 4.90 Å². The molecule has 0 atom stereocenters. The normalized spacial score (nSPS) is 13.6. The van der Waals surface area contributed by atoms with Crippen molar-refractivity contribution in [1.29, 1.82) is 0 Å². The van der Waals surface area contributed by atoms with Crippen LogP contribution >= 0.6 is 0 Å². The predicted octanol–water partition coefficient (Wildman–Crippen LogP) is 0.798. The fraction of sp³-hybridized carbons (Fsp3) is 0.500. The molecular formula is C14H19N3O4. The van der Waals surface area contributed by atoms with Gasteiger partial charge in [0.2, 0.25) is 5.91 Å². The van der Waals surface area contributed by atoms with Gasteiger partial charge in [0.1, 0.15) is 0 Å². The first kappa shape index (κ1) is 15.4. The molecule has 0 saturated carbocycles. The molecule has 21 heavy (non-hydrogen) atoms. The first-order valence-corrected chi connectivity index (χ1v) is 6.97. The van der Waals surface area contributed by atoms with E-state index in [1.165, 1.54) is 12.1 Å². The van der Waals surface area contributed by atoms with E-state index >= 15 is 0 Å². The second kappa shape index (κ2) is 6.64. The number of nitrogens with zero attached hydrogens (tertiary/aromatic N) is 3. The lowest BCUT2D eigenvalue weighted by atomic mass is 10.1. The average molecular weight is 293 g/mol. The van der Waals surface area contributed by atoms with Crippen LogP contribution in [0.4, 0.5) is 11.4 Å². The Bertz CT molecular complexity index is 547. The molecule has 0 aromatic heterocycles. The zero-order valence-electron chi connectivity index (χ0n) is 12.0. The summed E-state index contributed by atoms with van der Waals surface area (Å²) in [4.78, 5) is 26.2. The van der Waals surface area contributed by atoms with E-state index < -0.39 is 4.92 Å². The molecule has 1 heterocycles. The number of aliphatic hydroxyl groups is 1. The fourth-order valence-electron chi connectivity index (χ4n) is 2.53. The Kier molecular flexibility index (Phi) is 4.87. The Balaban J connectivity index is 2.11. The molecule has 0 aliphatic carbocycles. The highest BCUT2D eigenvalue weighted by atomic mass is 16.6. The molecule has 114 valence electrons. The summed E-state index contributed by atoms with van der Waals surface area (Å²) < 4.78 is 0. The Labute approximate surface area is 122 Å². The molecule has 1 amide bonds. The molecule has 0 bridgehead atoms. The van der Waals surface area contributed by atoms with Gasteiger partial charge in [0.05, 0.1) is 18.1 Å². The number of likely N-dealkylation sites (N-methyl/N-ethyl adjacent to an activating group) is 1. The summed E-state index contributed by atoms with van der Waals surface area (Å²) in [7, 11) is 0. The molecule has 1 aliphatic heterocycles. The van der Waals surface area contributed by atoms with Crippen LogP contribution in [0.3, 0.4) is 0 Å². The lowest BCUT2D eigenvalue weighted by Crippen LogP contribution is -2.40. The Morgan fingerprint density at radius 3 is 2.90 bits per heavy atom. The molecule has 0 unspecified atom stereocenters. The Morgan fingerprint density at radius 2 is 2.29 bits per heavy atom. The van der Waals surface area contributed by atoms with Gasteiger partial charge in [-0.1, -0.05) is 6.92 Å². The third-order valence-corrected chi connectivity index (χ3v) is 3.69. The molecule has 2 rings (SSSR count). The van der Waals surface area contributed by atoms with Crippen LogP contribution in [0.15, 0.2) is 18.2 Å². The molecule has 0 saturated heterocycles. The second-order valence-electron chi connectivity index (χ2n) is 4.96. The minimum atomic E-state index is -0.426. The van der Waals surface area contributed by atoms with Gasteiger partial charge in [0.15, 0.2) is 0 Å². The van der Waals surface area contributed by atoms with Crippen molar-refractivity contribution in [2.45, 2.75) is 13.3 Å². The maximum Gasteiger partial charge on any atom is 0.269 e. The Morgan fingerprint density at radius 1 is 1.52 bits per heavy atom. The van der Waals surface area contributed by atoms with Crippen LogP contribution in [0.5, 0.6) is 0 Å². The molecular weight excluding hydrogens is 274 g/mol. The monoisotopic (exact) mass is 293 g/mol. The van der Waals surface area contributed by atoms with Crippen molar-refractivity contribution in [3.05, 3.63) is 33.9 Å². The number of anilines is 1. The SMILES string of the molecule is CCN(CCO)CC(=O)N1CCc2cc([N+](=O)[O-])ccc21. The highest BCUT2D eigenvalue weighted by molar-refractivity contribution is 5.97. The van der Waals surface area contributed by atoms with Crippen molar-refractivity contribution >= 4 is 17.3 Å². The number of benzene rings is 1. The fourth-order valence-corrected chi connectivity index (χ4v) is 2.53. The van der Waals surface area contributed by atoms with Crippen LogP contribution in [-0.2, 0) is 11.2 Å². The minimum Gasteiger partial charge on any atom is -0.395 e. The molecule has 1 aromatic carbocycles. The van der Waals surface area contributed by atoms with Gasteiger partial charge in [0, 0.05) is 30.9 Å². The van der Waals surface area contributed by atoms with E-state index in [9.17, 15) is 14.9 Å². The smallest absolute Gasteiger partial charge is 0.269 e. The molecule has 1 aromatic rings. The van der Waals surface area contributed by atoms with E-state index in [4.69, 9.17) is 5.11 Å². The highest BCUT2D eigenvalue weighted by Gasteiger charge is 2.27. The number of carbonyl (C=O) groups is 1. The molecule has 7 heteroatoms. The van der Waals surface area contributed by atoms with Crippen molar-refractivity contribution in [2.24, 2.45) is 0 Å². The van der Waals surface area contributed by atoms with E-state index in [1.54, 1.807) is 11.0 Å². The molecule has 0 spiro atoms. The number of hydrogen-bond acceptors (Lipinski definition) is 5. The number of nitro groups is 1. The van der Waals surface area contributed by atoms with Gasteiger partial charge >= 0.3 is 0 Å². The van der Waals surface area contributed by atoms with E-state index in [0.717, 1.165) is 11.3 Å².